The van der Waals surface area contributed by atoms with Crippen LogP contribution in [0.4, 0.5) is 5.13 Å². The minimum absolute atomic E-state index is 0.0867. The van der Waals surface area contributed by atoms with Gasteiger partial charge < -0.3 is 0 Å². The third kappa shape index (κ3) is 4.09. The maximum absolute atomic E-state index is 12.6. The van der Waals surface area contributed by atoms with Crippen LogP contribution in [0.15, 0.2) is 48.5 Å². The van der Waals surface area contributed by atoms with Gasteiger partial charge in [-0.2, -0.15) is 0 Å². The van der Waals surface area contributed by atoms with Gasteiger partial charge in [0.25, 0.3) is 0 Å². The largest absolute Gasteiger partial charge is 0.288 e. The van der Waals surface area contributed by atoms with Crippen LogP contribution in [0.3, 0.4) is 0 Å². The first-order valence-electron chi connectivity index (χ1n) is 7.65. The van der Waals surface area contributed by atoms with E-state index in [0.717, 1.165) is 31.7 Å². The van der Waals surface area contributed by atoms with E-state index in [-0.39, 0.29) is 5.91 Å². The van der Waals surface area contributed by atoms with Crippen molar-refractivity contribution in [1.82, 2.24) is 4.98 Å². The first-order valence-corrected chi connectivity index (χ1v) is 10.0. The van der Waals surface area contributed by atoms with E-state index in [1.54, 1.807) is 28.0 Å². The van der Waals surface area contributed by atoms with Gasteiger partial charge >= 0.3 is 0 Å². The van der Waals surface area contributed by atoms with Crippen LogP contribution in [0.25, 0.3) is 10.2 Å². The minimum Gasteiger partial charge on any atom is -0.288 e. The van der Waals surface area contributed by atoms with E-state index < -0.39 is 0 Å². The van der Waals surface area contributed by atoms with Crippen molar-refractivity contribution in [3.63, 3.8) is 0 Å². The van der Waals surface area contributed by atoms with E-state index in [0.29, 0.717) is 12.3 Å². The van der Waals surface area contributed by atoms with Crippen molar-refractivity contribution in [2.45, 2.75) is 12.7 Å². The van der Waals surface area contributed by atoms with Gasteiger partial charge in [-0.25, -0.2) is 4.98 Å². The zero-order valence-corrected chi connectivity index (χ0v) is 15.6. The highest BCUT2D eigenvalue weighted by molar-refractivity contribution is 7.99. The molecule has 1 amide bonds. The minimum atomic E-state index is 0.0867. The Kier molecular flexibility index (Phi) is 5.76. The van der Waals surface area contributed by atoms with E-state index in [9.17, 15) is 4.79 Å². The molecular formula is C18H17ClN2OS2. The van der Waals surface area contributed by atoms with Crippen molar-refractivity contribution in [1.29, 1.82) is 0 Å². The Labute approximate surface area is 154 Å². The van der Waals surface area contributed by atoms with Crippen LogP contribution in [0.1, 0.15) is 12.5 Å². The molecule has 0 radical (unpaired) electrons. The zero-order chi connectivity index (χ0) is 16.9. The second kappa shape index (κ2) is 8.01. The van der Waals surface area contributed by atoms with Crippen LogP contribution in [0.2, 0.25) is 5.02 Å². The van der Waals surface area contributed by atoms with Gasteiger partial charge in [0.05, 0.1) is 16.0 Å². The fourth-order valence-corrected chi connectivity index (χ4v) is 4.46. The Morgan fingerprint density at radius 1 is 1.25 bits per heavy atom. The first-order chi connectivity index (χ1) is 11.7. The normalized spacial score (nSPS) is 10.9. The number of thiazole rings is 1. The zero-order valence-electron chi connectivity index (χ0n) is 13.2. The summed E-state index contributed by atoms with van der Waals surface area (Å²) in [5, 5.41) is 1.50. The van der Waals surface area contributed by atoms with Crippen molar-refractivity contribution in [3.05, 3.63) is 59.1 Å². The molecule has 0 atom stereocenters. The number of nitrogens with zero attached hydrogens (tertiary/aromatic N) is 2. The summed E-state index contributed by atoms with van der Waals surface area (Å²) in [6.07, 6.45) is 0. The number of carbonyl (C=O) groups is 1. The predicted octanol–water partition coefficient (Wildman–Crippen LogP) is 5.24. The highest BCUT2D eigenvalue weighted by Crippen LogP contribution is 2.29. The van der Waals surface area contributed by atoms with Crippen molar-refractivity contribution in [2.24, 2.45) is 0 Å². The van der Waals surface area contributed by atoms with Gasteiger partial charge in [-0.1, -0.05) is 47.2 Å². The lowest BCUT2D eigenvalue weighted by molar-refractivity contribution is -0.116. The molecule has 3 rings (SSSR count). The third-order valence-electron chi connectivity index (χ3n) is 3.51. The number of hydrogen-bond acceptors (Lipinski definition) is 4. The highest BCUT2D eigenvalue weighted by Gasteiger charge is 2.17. The summed E-state index contributed by atoms with van der Waals surface area (Å²) < 4.78 is 1.10. The molecule has 1 heterocycles. The number of aromatic nitrogens is 1. The number of para-hydroxylation sites is 1. The molecule has 0 aliphatic heterocycles. The van der Waals surface area contributed by atoms with Gasteiger partial charge in [0, 0.05) is 17.3 Å². The number of fused-ring (bicyclic) bond motifs is 1. The second-order valence-electron chi connectivity index (χ2n) is 5.22. The van der Waals surface area contributed by atoms with Gasteiger partial charge in [0.1, 0.15) is 0 Å². The van der Waals surface area contributed by atoms with Gasteiger partial charge in [0.2, 0.25) is 5.91 Å². The summed E-state index contributed by atoms with van der Waals surface area (Å²) in [4.78, 5) is 18.9. The molecule has 2 aromatic carbocycles. The van der Waals surface area contributed by atoms with Crippen molar-refractivity contribution < 1.29 is 4.79 Å². The second-order valence-corrected chi connectivity index (χ2v) is 7.66. The molecule has 124 valence electrons. The van der Waals surface area contributed by atoms with Crippen LogP contribution < -0.4 is 4.90 Å². The van der Waals surface area contributed by atoms with Crippen LogP contribution in [0.5, 0.6) is 0 Å². The third-order valence-corrected chi connectivity index (χ3v) is 5.80. The van der Waals surface area contributed by atoms with E-state index in [1.165, 1.54) is 0 Å². The maximum Gasteiger partial charge on any atom is 0.238 e. The Bertz CT molecular complexity index is 817. The van der Waals surface area contributed by atoms with Crippen LogP contribution in [-0.4, -0.2) is 23.2 Å². The van der Waals surface area contributed by atoms with Crippen LogP contribution >= 0.6 is 34.7 Å². The quantitative estimate of drug-likeness (QED) is 0.590. The lowest BCUT2D eigenvalue weighted by atomic mass is 10.2. The van der Waals surface area contributed by atoms with E-state index >= 15 is 0 Å². The molecular weight excluding hydrogens is 360 g/mol. The Hall–Kier alpha value is -1.56. The first kappa shape index (κ1) is 17.3. The van der Waals surface area contributed by atoms with Gasteiger partial charge in [-0.05, 0) is 36.8 Å². The SMILES string of the molecule is CCN(C(=O)CSCc1cccc(Cl)c1)c1nc2ccccc2s1. The highest BCUT2D eigenvalue weighted by atomic mass is 35.5. The Morgan fingerprint density at radius 2 is 2.08 bits per heavy atom. The number of amides is 1. The molecule has 0 aliphatic rings. The molecule has 24 heavy (non-hydrogen) atoms. The summed E-state index contributed by atoms with van der Waals surface area (Å²) in [5.41, 5.74) is 2.07. The predicted molar refractivity (Wildman–Crippen MR) is 105 cm³/mol. The molecule has 0 bridgehead atoms. The molecule has 6 heteroatoms. The molecule has 0 aliphatic carbocycles. The van der Waals surface area contributed by atoms with E-state index in [1.807, 2.05) is 55.5 Å². The van der Waals surface area contributed by atoms with Crippen molar-refractivity contribution in [3.8, 4) is 0 Å². The average molecular weight is 377 g/mol. The number of halogens is 1. The molecule has 0 spiro atoms. The fraction of sp³-hybridized carbons (Fsp3) is 0.222. The summed E-state index contributed by atoms with van der Waals surface area (Å²) >= 11 is 9.14. The van der Waals surface area contributed by atoms with E-state index in [4.69, 9.17) is 11.6 Å². The summed E-state index contributed by atoms with van der Waals surface area (Å²) in [6, 6.07) is 15.7. The monoisotopic (exact) mass is 376 g/mol. The number of hydrogen-bond donors (Lipinski definition) is 0. The van der Waals surface area contributed by atoms with Crippen molar-refractivity contribution in [2.75, 3.05) is 17.2 Å². The number of benzene rings is 2. The summed E-state index contributed by atoms with van der Waals surface area (Å²) in [7, 11) is 0. The van der Waals surface area contributed by atoms with Gasteiger partial charge in [0.15, 0.2) is 5.13 Å². The number of thioether (sulfide) groups is 1. The molecule has 0 fully saturated rings. The lowest BCUT2D eigenvalue weighted by Crippen LogP contribution is -2.32. The molecule has 1 aromatic heterocycles. The van der Waals surface area contributed by atoms with Gasteiger partial charge in [-0.15, -0.1) is 11.8 Å². The maximum atomic E-state index is 12.6. The van der Waals surface area contributed by atoms with Crippen LogP contribution in [-0.2, 0) is 10.5 Å². The molecule has 0 N–H and O–H groups in total. The molecule has 0 saturated carbocycles. The molecule has 0 unspecified atom stereocenters. The number of rotatable bonds is 6. The smallest absolute Gasteiger partial charge is 0.238 e. The van der Waals surface area contributed by atoms with Gasteiger partial charge in [-0.3, -0.25) is 9.69 Å². The molecule has 0 saturated heterocycles. The topological polar surface area (TPSA) is 33.2 Å². The molecule has 3 nitrogen and oxygen atoms in total. The summed E-state index contributed by atoms with van der Waals surface area (Å²) in [6.45, 7) is 2.60. The van der Waals surface area contributed by atoms with E-state index in [2.05, 4.69) is 4.98 Å². The van der Waals surface area contributed by atoms with Crippen LogP contribution in [0, 0.1) is 0 Å². The number of carbonyl (C=O) groups excluding carboxylic acids is 1. The average Bonchev–Trinajstić information content (AvgIpc) is 2.99. The lowest BCUT2D eigenvalue weighted by Gasteiger charge is -2.17. The standard InChI is InChI=1S/C18H17ClN2OS2/c1-2-21(18-20-15-8-3-4-9-16(15)24-18)17(22)12-23-11-13-6-5-7-14(19)10-13/h3-10H,2,11-12H2,1H3. The fourth-order valence-electron chi connectivity index (χ4n) is 2.35. The summed E-state index contributed by atoms with van der Waals surface area (Å²) in [5.74, 6) is 1.28. The number of anilines is 1. The Morgan fingerprint density at radius 3 is 2.83 bits per heavy atom. The molecule has 3 aromatic rings. The van der Waals surface area contributed by atoms with Crippen molar-refractivity contribution >= 4 is 56.0 Å². The Balaban J connectivity index is 1.63.